The Morgan fingerprint density at radius 2 is 1.48 bits per heavy atom. The standard InChI is InChI=1S/C22H15N5/c1-3-8-16(9-4-1)14-19-20(17-10-5-2-6-11-17)25-27-22(19)24-21(26-27)18-12-7-13-23-15-18/h1-15H. The Morgan fingerprint density at radius 3 is 2.22 bits per heavy atom. The number of hydrogen-bond acceptors (Lipinski definition) is 4. The molecule has 0 aliphatic rings. The molecule has 0 fully saturated rings. The number of rotatable bonds is 3. The van der Waals surface area contributed by atoms with Crippen molar-refractivity contribution in [1.82, 2.24) is 24.8 Å². The van der Waals surface area contributed by atoms with Gasteiger partial charge in [0.1, 0.15) is 5.69 Å². The van der Waals surface area contributed by atoms with Crippen molar-refractivity contribution in [1.29, 1.82) is 0 Å². The van der Waals surface area contributed by atoms with E-state index in [2.05, 4.69) is 28.3 Å². The molecule has 0 amide bonds. The number of hydrogen-bond donors (Lipinski definition) is 0. The van der Waals surface area contributed by atoms with Crippen LogP contribution in [-0.4, -0.2) is 24.8 Å². The predicted octanol–water partition coefficient (Wildman–Crippen LogP) is 3.40. The zero-order valence-corrected chi connectivity index (χ0v) is 14.4. The Kier molecular flexibility index (Phi) is 3.68. The number of fused-ring (bicyclic) bond motifs is 1. The SMILES string of the molecule is C(c1ccccc1)=c1c(-c2ccccc2)nn2nc(-c3cccnc3)nc12. The van der Waals surface area contributed by atoms with Crippen LogP contribution >= 0.6 is 0 Å². The van der Waals surface area contributed by atoms with Gasteiger partial charge >= 0.3 is 0 Å². The number of nitrogens with zero attached hydrogens (tertiary/aromatic N) is 5. The van der Waals surface area contributed by atoms with Gasteiger partial charge in [-0.25, -0.2) is 4.98 Å². The molecule has 0 unspecified atom stereocenters. The molecule has 0 radical (unpaired) electrons. The zero-order chi connectivity index (χ0) is 18.1. The largest absolute Gasteiger partial charge is 0.264 e. The van der Waals surface area contributed by atoms with Crippen LogP contribution in [-0.2, 0) is 0 Å². The predicted molar refractivity (Wildman–Crippen MR) is 105 cm³/mol. The molecule has 128 valence electrons. The first-order chi connectivity index (χ1) is 13.4. The molecule has 5 aromatic rings. The van der Waals surface area contributed by atoms with Gasteiger partial charge in [0.25, 0.3) is 0 Å². The van der Waals surface area contributed by atoms with Crippen LogP contribution < -0.4 is 5.22 Å². The van der Waals surface area contributed by atoms with Gasteiger partial charge in [0.05, 0.1) is 0 Å². The van der Waals surface area contributed by atoms with Crippen LogP contribution in [0.3, 0.4) is 0 Å². The second-order valence-corrected chi connectivity index (χ2v) is 6.17. The second-order valence-electron chi connectivity index (χ2n) is 6.17. The molecule has 2 aromatic carbocycles. The summed E-state index contributed by atoms with van der Waals surface area (Å²) in [5.41, 5.74) is 4.60. The Hall–Kier alpha value is -3.86. The summed E-state index contributed by atoms with van der Waals surface area (Å²) in [5, 5.41) is 10.2. The monoisotopic (exact) mass is 349 g/mol. The van der Waals surface area contributed by atoms with Crippen LogP contribution in [0.2, 0.25) is 0 Å². The molecule has 0 saturated carbocycles. The van der Waals surface area contributed by atoms with Crippen LogP contribution in [0.25, 0.3) is 34.4 Å². The van der Waals surface area contributed by atoms with Gasteiger partial charge in [0.2, 0.25) is 0 Å². The quantitative estimate of drug-likeness (QED) is 0.501. The maximum atomic E-state index is 4.74. The molecular formula is C22H15N5. The molecule has 5 nitrogen and oxygen atoms in total. The van der Waals surface area contributed by atoms with Gasteiger partial charge in [-0.3, -0.25) is 4.98 Å². The highest BCUT2D eigenvalue weighted by atomic mass is 15.5. The summed E-state index contributed by atoms with van der Waals surface area (Å²) >= 11 is 0. The summed E-state index contributed by atoms with van der Waals surface area (Å²) in [4.78, 5) is 8.90. The maximum Gasteiger partial charge on any atom is 0.186 e. The molecule has 0 atom stereocenters. The zero-order valence-electron chi connectivity index (χ0n) is 14.4. The first kappa shape index (κ1) is 15.4. The summed E-state index contributed by atoms with van der Waals surface area (Å²) in [6.45, 7) is 0. The highest BCUT2D eigenvalue weighted by Crippen LogP contribution is 2.18. The fraction of sp³-hybridized carbons (Fsp3) is 0. The van der Waals surface area contributed by atoms with Gasteiger partial charge in [0.15, 0.2) is 11.5 Å². The Bertz CT molecular complexity index is 1250. The van der Waals surface area contributed by atoms with Gasteiger partial charge in [-0.05, 0) is 23.8 Å². The highest BCUT2D eigenvalue weighted by molar-refractivity contribution is 5.71. The summed E-state index contributed by atoms with van der Waals surface area (Å²) < 4.78 is 1.61. The highest BCUT2D eigenvalue weighted by Gasteiger charge is 2.15. The lowest BCUT2D eigenvalue weighted by molar-refractivity contribution is 0.828. The third-order valence-corrected chi connectivity index (χ3v) is 4.36. The summed E-state index contributed by atoms with van der Waals surface area (Å²) in [5.74, 6) is 0.618. The van der Waals surface area contributed by atoms with E-state index in [0.29, 0.717) is 5.82 Å². The Labute approximate surface area is 155 Å². The number of aromatic nitrogens is 5. The molecule has 0 spiro atoms. The minimum atomic E-state index is 0.618. The molecular weight excluding hydrogens is 334 g/mol. The van der Waals surface area contributed by atoms with Crippen LogP contribution in [0.5, 0.6) is 0 Å². The molecule has 3 aromatic heterocycles. The fourth-order valence-electron chi connectivity index (χ4n) is 3.07. The van der Waals surface area contributed by atoms with E-state index in [1.54, 1.807) is 17.0 Å². The smallest absolute Gasteiger partial charge is 0.186 e. The maximum absolute atomic E-state index is 4.74. The van der Waals surface area contributed by atoms with Crippen LogP contribution in [0.1, 0.15) is 5.56 Å². The summed E-state index contributed by atoms with van der Waals surface area (Å²) in [6.07, 6.45) is 5.60. The molecule has 5 rings (SSSR count). The van der Waals surface area contributed by atoms with E-state index in [1.165, 1.54) is 0 Å². The second kappa shape index (κ2) is 6.46. The third-order valence-electron chi connectivity index (χ3n) is 4.36. The average Bonchev–Trinajstić information content (AvgIpc) is 3.30. The molecule has 0 N–H and O–H groups in total. The lowest BCUT2D eigenvalue weighted by Crippen LogP contribution is -2.04. The van der Waals surface area contributed by atoms with Gasteiger partial charge in [-0.15, -0.1) is 14.8 Å². The van der Waals surface area contributed by atoms with E-state index in [-0.39, 0.29) is 0 Å². The lowest BCUT2D eigenvalue weighted by atomic mass is 10.1. The van der Waals surface area contributed by atoms with Crippen molar-refractivity contribution < 1.29 is 0 Å². The van der Waals surface area contributed by atoms with Gasteiger partial charge in [0, 0.05) is 28.7 Å². The molecule has 27 heavy (non-hydrogen) atoms. The van der Waals surface area contributed by atoms with Gasteiger partial charge < -0.3 is 0 Å². The van der Waals surface area contributed by atoms with Crippen molar-refractivity contribution >= 4 is 11.7 Å². The van der Waals surface area contributed by atoms with E-state index in [9.17, 15) is 0 Å². The normalized spacial score (nSPS) is 11.9. The van der Waals surface area contributed by atoms with Crippen LogP contribution in [0.4, 0.5) is 0 Å². The van der Waals surface area contributed by atoms with E-state index >= 15 is 0 Å². The molecule has 3 heterocycles. The fourth-order valence-corrected chi connectivity index (χ4v) is 3.07. The summed E-state index contributed by atoms with van der Waals surface area (Å²) in [6, 6.07) is 24.1. The minimum absolute atomic E-state index is 0.618. The first-order valence-electron chi connectivity index (χ1n) is 8.68. The van der Waals surface area contributed by atoms with Crippen LogP contribution in [0, 0.1) is 0 Å². The first-order valence-corrected chi connectivity index (χ1v) is 8.68. The van der Waals surface area contributed by atoms with Crippen molar-refractivity contribution in [2.24, 2.45) is 0 Å². The molecule has 0 aliphatic carbocycles. The van der Waals surface area contributed by atoms with Crippen molar-refractivity contribution in [2.45, 2.75) is 0 Å². The van der Waals surface area contributed by atoms with Crippen molar-refractivity contribution in [3.8, 4) is 22.6 Å². The summed E-state index contributed by atoms with van der Waals surface area (Å²) in [7, 11) is 0. The average molecular weight is 349 g/mol. The van der Waals surface area contributed by atoms with Crippen molar-refractivity contribution in [3.05, 3.63) is 96.0 Å². The molecule has 5 heteroatoms. The van der Waals surface area contributed by atoms with Crippen molar-refractivity contribution in [3.63, 3.8) is 0 Å². The number of benzene rings is 2. The third kappa shape index (κ3) is 2.85. The topological polar surface area (TPSA) is 56.0 Å². The Balaban J connectivity index is 1.77. The minimum Gasteiger partial charge on any atom is -0.264 e. The van der Waals surface area contributed by atoms with Crippen LogP contribution in [0.15, 0.2) is 85.2 Å². The van der Waals surface area contributed by atoms with E-state index in [4.69, 9.17) is 10.1 Å². The number of pyridine rings is 1. The van der Waals surface area contributed by atoms with Crippen molar-refractivity contribution in [2.75, 3.05) is 0 Å². The molecule has 0 aliphatic heterocycles. The van der Waals surface area contributed by atoms with E-state index in [1.807, 2.05) is 60.7 Å². The molecule has 0 bridgehead atoms. The molecule has 0 saturated heterocycles. The van der Waals surface area contributed by atoms with E-state index in [0.717, 1.165) is 33.3 Å². The van der Waals surface area contributed by atoms with Gasteiger partial charge in [-0.2, -0.15) is 0 Å². The lowest BCUT2D eigenvalue weighted by Gasteiger charge is -1.97. The van der Waals surface area contributed by atoms with Gasteiger partial charge in [-0.1, -0.05) is 60.7 Å². The Morgan fingerprint density at radius 1 is 0.741 bits per heavy atom. The van der Waals surface area contributed by atoms with E-state index < -0.39 is 0 Å².